The van der Waals surface area contributed by atoms with Crippen LogP contribution in [0, 0.1) is 0 Å². The second kappa shape index (κ2) is 7.71. The summed E-state index contributed by atoms with van der Waals surface area (Å²) in [6.07, 6.45) is 5.80. The summed E-state index contributed by atoms with van der Waals surface area (Å²) in [5, 5.41) is 3.83. The maximum absolute atomic E-state index is 4.06. The number of aromatic nitrogens is 1. The molecular formula is C37H24BrN. The van der Waals surface area contributed by atoms with Crippen molar-refractivity contribution in [2.45, 2.75) is 17.8 Å². The highest BCUT2D eigenvalue weighted by Crippen LogP contribution is 2.58. The lowest BCUT2D eigenvalue weighted by molar-refractivity contribution is 0.536. The van der Waals surface area contributed by atoms with Crippen LogP contribution in [0.4, 0.5) is 0 Å². The zero-order valence-corrected chi connectivity index (χ0v) is 22.8. The van der Waals surface area contributed by atoms with E-state index in [-0.39, 0.29) is 5.41 Å². The predicted molar refractivity (Wildman–Crippen MR) is 164 cm³/mol. The molecule has 5 aromatic carbocycles. The fourth-order valence-corrected chi connectivity index (χ4v) is 8.36. The minimum Gasteiger partial charge on any atom is -0.354 e. The Kier molecular flexibility index (Phi) is 4.30. The molecule has 2 heteroatoms. The largest absolute Gasteiger partial charge is 0.354 e. The molecule has 39 heavy (non-hydrogen) atoms. The molecule has 1 aromatic heterocycles. The van der Waals surface area contributed by atoms with E-state index in [0.29, 0.717) is 5.92 Å². The van der Waals surface area contributed by atoms with Gasteiger partial charge in [0.05, 0.1) is 5.52 Å². The summed E-state index contributed by atoms with van der Waals surface area (Å²) in [5.41, 5.74) is 13.2. The first kappa shape index (κ1) is 21.8. The molecule has 0 aliphatic heterocycles. The zero-order valence-electron chi connectivity index (χ0n) is 21.2. The van der Waals surface area contributed by atoms with E-state index in [4.69, 9.17) is 0 Å². The van der Waals surface area contributed by atoms with Gasteiger partial charge >= 0.3 is 0 Å². The summed E-state index contributed by atoms with van der Waals surface area (Å²) in [6.45, 7) is 0. The van der Waals surface area contributed by atoms with Gasteiger partial charge in [-0.15, -0.1) is 0 Å². The Morgan fingerprint density at radius 1 is 0.692 bits per heavy atom. The van der Waals surface area contributed by atoms with Crippen molar-refractivity contribution in [1.82, 2.24) is 4.98 Å². The maximum Gasteiger partial charge on any atom is 0.0612 e. The van der Waals surface area contributed by atoms with Crippen LogP contribution >= 0.6 is 15.9 Å². The minimum absolute atomic E-state index is 0.245. The maximum atomic E-state index is 4.06. The molecule has 9 rings (SSSR count). The monoisotopic (exact) mass is 561 g/mol. The number of halogens is 1. The van der Waals surface area contributed by atoms with Gasteiger partial charge < -0.3 is 4.98 Å². The molecule has 0 amide bonds. The molecule has 1 spiro atoms. The minimum atomic E-state index is -0.245. The molecular weight excluding hydrogens is 538 g/mol. The number of hydrogen-bond donors (Lipinski definition) is 1. The molecule has 0 radical (unpaired) electrons. The van der Waals surface area contributed by atoms with Gasteiger partial charge in [0.15, 0.2) is 0 Å². The number of hydrogen-bond acceptors (Lipinski definition) is 0. The molecule has 0 fully saturated rings. The lowest BCUT2D eigenvalue weighted by Gasteiger charge is -2.38. The van der Waals surface area contributed by atoms with Gasteiger partial charge in [0, 0.05) is 26.5 Å². The summed E-state index contributed by atoms with van der Waals surface area (Å²) in [5.74, 6) is 0.295. The van der Waals surface area contributed by atoms with Crippen molar-refractivity contribution in [3.63, 3.8) is 0 Å². The third-order valence-corrected chi connectivity index (χ3v) is 10.1. The first-order chi connectivity index (χ1) is 19.2. The van der Waals surface area contributed by atoms with E-state index < -0.39 is 0 Å². The first-order valence-corrected chi connectivity index (χ1v) is 14.5. The van der Waals surface area contributed by atoms with E-state index in [2.05, 4.69) is 142 Å². The van der Waals surface area contributed by atoms with Crippen LogP contribution in [-0.2, 0) is 5.41 Å². The van der Waals surface area contributed by atoms with E-state index in [0.717, 1.165) is 10.9 Å². The molecule has 1 unspecified atom stereocenters. The molecule has 1 heterocycles. The van der Waals surface area contributed by atoms with Crippen molar-refractivity contribution >= 4 is 39.0 Å². The van der Waals surface area contributed by atoms with Gasteiger partial charge in [-0.3, -0.25) is 0 Å². The normalized spacial score (nSPS) is 17.1. The summed E-state index contributed by atoms with van der Waals surface area (Å²) in [4.78, 5) is 3.93. The van der Waals surface area contributed by atoms with Crippen LogP contribution in [0.15, 0.2) is 114 Å². The summed E-state index contributed by atoms with van der Waals surface area (Å²) < 4.78 is 1.15. The fraction of sp³-hybridized carbons (Fsp3) is 0.0811. The Morgan fingerprint density at radius 3 is 2.08 bits per heavy atom. The van der Waals surface area contributed by atoms with E-state index >= 15 is 0 Å². The van der Waals surface area contributed by atoms with Crippen molar-refractivity contribution in [1.29, 1.82) is 0 Å². The van der Waals surface area contributed by atoms with Crippen LogP contribution in [0.5, 0.6) is 0 Å². The molecule has 1 atom stereocenters. The van der Waals surface area contributed by atoms with Crippen LogP contribution in [-0.4, -0.2) is 4.98 Å². The standard InChI is InChI=1S/C37H24BrN/c38-35-29-18-23-12-4-5-13-25(23)28(29)20-30-34-33(39-36(30)35)19-24(22-10-2-1-3-11-22)21-37(34)31-16-8-6-14-26(31)27-15-7-9-17-32(27)37/h1-20,24,39H,21H2. The Labute approximate surface area is 235 Å². The Bertz CT molecular complexity index is 2070. The molecule has 0 bridgehead atoms. The average Bonchev–Trinajstić information content (AvgIpc) is 3.64. The van der Waals surface area contributed by atoms with Crippen molar-refractivity contribution in [2.24, 2.45) is 0 Å². The number of H-pyrrole nitrogens is 1. The molecule has 0 saturated heterocycles. The number of nitrogens with one attached hydrogen (secondary N) is 1. The van der Waals surface area contributed by atoms with Gasteiger partial charge in [-0.2, -0.15) is 0 Å². The number of fused-ring (bicyclic) bond motifs is 12. The number of rotatable bonds is 1. The Morgan fingerprint density at radius 2 is 1.33 bits per heavy atom. The highest BCUT2D eigenvalue weighted by molar-refractivity contribution is 9.10. The summed E-state index contributed by atoms with van der Waals surface area (Å²) in [6, 6.07) is 40.4. The molecule has 3 aliphatic carbocycles. The molecule has 1 N–H and O–H groups in total. The molecule has 184 valence electrons. The predicted octanol–water partition coefficient (Wildman–Crippen LogP) is 8.02. The Balaban J connectivity index is 1.45. The van der Waals surface area contributed by atoms with E-state index in [1.807, 2.05) is 0 Å². The average molecular weight is 563 g/mol. The van der Waals surface area contributed by atoms with Crippen molar-refractivity contribution in [3.05, 3.63) is 152 Å². The number of aromatic amines is 1. The van der Waals surface area contributed by atoms with Crippen LogP contribution < -0.4 is 10.6 Å². The van der Waals surface area contributed by atoms with Gasteiger partial charge in [0.2, 0.25) is 0 Å². The highest BCUT2D eigenvalue weighted by atomic mass is 79.9. The second-order valence-electron chi connectivity index (χ2n) is 11.1. The highest BCUT2D eigenvalue weighted by Gasteiger charge is 2.49. The molecule has 3 aliphatic rings. The second-order valence-corrected chi connectivity index (χ2v) is 11.9. The van der Waals surface area contributed by atoms with Gasteiger partial charge in [0.25, 0.3) is 0 Å². The smallest absolute Gasteiger partial charge is 0.0612 e. The van der Waals surface area contributed by atoms with Gasteiger partial charge in [-0.25, -0.2) is 0 Å². The lowest BCUT2D eigenvalue weighted by Crippen LogP contribution is -2.37. The third-order valence-electron chi connectivity index (χ3n) is 9.27. The Hall–Kier alpha value is -4.14. The number of benzene rings is 5. The zero-order chi connectivity index (χ0) is 25.7. The molecule has 6 aromatic rings. The molecule has 1 nitrogen and oxygen atoms in total. The molecule has 0 saturated carbocycles. The fourth-order valence-electron chi connectivity index (χ4n) is 7.72. The van der Waals surface area contributed by atoms with Crippen molar-refractivity contribution in [2.75, 3.05) is 0 Å². The SMILES string of the molecule is Brc1c2c(cc3c4c([nH]c13)=CC(c1ccccc1)CC41c3ccccc3-c3ccccc31)-c1ccccc1C=2. The van der Waals surface area contributed by atoms with E-state index in [9.17, 15) is 0 Å². The van der Waals surface area contributed by atoms with E-state index in [1.54, 1.807) is 0 Å². The van der Waals surface area contributed by atoms with Crippen LogP contribution in [0.1, 0.15) is 40.2 Å². The van der Waals surface area contributed by atoms with Crippen molar-refractivity contribution in [3.8, 4) is 22.3 Å². The van der Waals surface area contributed by atoms with Crippen LogP contribution in [0.3, 0.4) is 0 Å². The summed E-state index contributed by atoms with van der Waals surface area (Å²) in [7, 11) is 0. The quantitative estimate of drug-likeness (QED) is 0.209. The van der Waals surface area contributed by atoms with Gasteiger partial charge in [-0.1, -0.05) is 109 Å². The topological polar surface area (TPSA) is 15.8 Å². The first-order valence-electron chi connectivity index (χ1n) is 13.7. The van der Waals surface area contributed by atoms with Crippen molar-refractivity contribution < 1.29 is 0 Å². The lowest BCUT2D eigenvalue weighted by atomic mass is 9.63. The summed E-state index contributed by atoms with van der Waals surface area (Å²) >= 11 is 4.06. The third kappa shape index (κ3) is 2.75. The van der Waals surface area contributed by atoms with E-state index in [1.165, 1.54) is 71.5 Å². The van der Waals surface area contributed by atoms with Crippen LogP contribution in [0.2, 0.25) is 0 Å². The van der Waals surface area contributed by atoms with Gasteiger partial charge in [0.1, 0.15) is 0 Å². The van der Waals surface area contributed by atoms with Crippen LogP contribution in [0.25, 0.3) is 45.3 Å². The van der Waals surface area contributed by atoms with Gasteiger partial charge in [-0.05, 0) is 89.8 Å².